The Morgan fingerprint density at radius 2 is 1.00 bits per heavy atom. The van der Waals surface area contributed by atoms with Crippen molar-refractivity contribution in [3.63, 3.8) is 0 Å². The molecular weight excluding hydrogens is 281 g/mol. The molecule has 120 valence electrons. The summed E-state index contributed by atoms with van der Waals surface area (Å²) in [7, 11) is -2.80. The zero-order chi connectivity index (χ0) is 14.4. The molecule has 3 aliphatic carbocycles. The fourth-order valence-corrected chi connectivity index (χ4v) is 8.63. The molecule has 0 radical (unpaired) electrons. The van der Waals surface area contributed by atoms with E-state index in [2.05, 4.69) is 9.34 Å². The topological polar surface area (TPSA) is 49.6 Å². The van der Waals surface area contributed by atoms with E-state index in [1.54, 1.807) is 0 Å². The predicted octanol–water partition coefficient (Wildman–Crippen LogP) is 3.87. The largest absolute Gasteiger partial charge is 0.282 e. The van der Waals surface area contributed by atoms with Gasteiger partial charge in [-0.3, -0.25) is 10.1 Å². The van der Waals surface area contributed by atoms with Crippen molar-refractivity contribution in [3.05, 3.63) is 0 Å². The van der Waals surface area contributed by atoms with E-state index in [1.807, 2.05) is 0 Å². The van der Waals surface area contributed by atoms with Crippen LogP contribution >= 0.6 is 7.59 Å². The molecule has 4 nitrogen and oxygen atoms in total. The molecule has 0 bridgehead atoms. The van der Waals surface area contributed by atoms with Gasteiger partial charge in [0.1, 0.15) is 0 Å². The van der Waals surface area contributed by atoms with E-state index >= 15 is 0 Å². The van der Waals surface area contributed by atoms with Crippen LogP contribution < -0.4 is 5.50 Å². The lowest BCUT2D eigenvalue weighted by Crippen LogP contribution is -2.44. The molecule has 3 saturated carbocycles. The van der Waals surface area contributed by atoms with Crippen LogP contribution in [0.2, 0.25) is 0 Å². The molecule has 3 atom stereocenters. The molecule has 1 aliphatic heterocycles. The lowest BCUT2D eigenvalue weighted by atomic mass is 9.89. The van der Waals surface area contributed by atoms with Crippen molar-refractivity contribution in [2.24, 2.45) is 5.50 Å². The van der Waals surface area contributed by atoms with E-state index in [-0.39, 0.29) is 0 Å². The first-order valence-corrected chi connectivity index (χ1v) is 10.8. The van der Waals surface area contributed by atoms with Gasteiger partial charge >= 0.3 is 0 Å². The molecule has 1 saturated heterocycles. The van der Waals surface area contributed by atoms with E-state index in [0.717, 1.165) is 0 Å². The first-order chi connectivity index (χ1) is 10.2. The zero-order valence-corrected chi connectivity index (χ0v) is 14.0. The fourth-order valence-electron chi connectivity index (χ4n) is 5.60. The standard InChI is InChI=1S/C16H30N3OP/c17-21(20)18(13-7-1-2-8-13)15-11-5-6-12-16(15)19(21)14-9-3-4-10-14/h13-16H,1-12H2,(H2,17,20)/t15-,16?,21?/m1/s1. The van der Waals surface area contributed by atoms with Gasteiger partial charge in [-0.1, -0.05) is 38.5 Å². The minimum Gasteiger partial charge on any atom is -0.271 e. The summed E-state index contributed by atoms with van der Waals surface area (Å²) in [5.41, 5.74) is 6.59. The van der Waals surface area contributed by atoms with Gasteiger partial charge in [-0.25, -0.2) is 9.34 Å². The second kappa shape index (κ2) is 5.63. The third-order valence-corrected chi connectivity index (χ3v) is 9.00. The van der Waals surface area contributed by atoms with Crippen LogP contribution in [0, 0.1) is 0 Å². The second-order valence-electron chi connectivity index (χ2n) is 7.64. The second-order valence-corrected chi connectivity index (χ2v) is 9.75. The summed E-state index contributed by atoms with van der Waals surface area (Å²) >= 11 is 0. The Bertz CT molecular complexity index is 395. The highest BCUT2D eigenvalue weighted by atomic mass is 31.2. The number of nitrogens with zero attached hydrogens (tertiary/aromatic N) is 2. The van der Waals surface area contributed by atoms with E-state index in [4.69, 9.17) is 5.50 Å². The molecule has 2 N–H and O–H groups in total. The molecule has 2 unspecified atom stereocenters. The average molecular weight is 311 g/mol. The lowest BCUT2D eigenvalue weighted by molar-refractivity contribution is 0.159. The van der Waals surface area contributed by atoms with Crippen LogP contribution in [0.5, 0.6) is 0 Å². The summed E-state index contributed by atoms with van der Waals surface area (Å²) in [5, 5.41) is 0. The maximum absolute atomic E-state index is 13.6. The number of hydrogen-bond donors (Lipinski definition) is 1. The number of nitrogens with two attached hydrogens (primary N) is 1. The van der Waals surface area contributed by atoms with E-state index in [1.165, 1.54) is 77.0 Å². The Morgan fingerprint density at radius 3 is 1.38 bits per heavy atom. The maximum atomic E-state index is 13.6. The summed E-state index contributed by atoms with van der Waals surface area (Å²) in [5.74, 6) is 0. The summed E-state index contributed by atoms with van der Waals surface area (Å²) in [6.45, 7) is 0. The van der Waals surface area contributed by atoms with E-state index in [9.17, 15) is 4.57 Å². The Morgan fingerprint density at radius 1 is 0.667 bits per heavy atom. The summed E-state index contributed by atoms with van der Waals surface area (Å²) in [4.78, 5) is 0. The molecule has 5 heteroatoms. The van der Waals surface area contributed by atoms with Crippen LogP contribution in [0.25, 0.3) is 0 Å². The molecule has 0 aromatic carbocycles. The van der Waals surface area contributed by atoms with Crippen molar-refractivity contribution >= 4 is 7.59 Å². The van der Waals surface area contributed by atoms with Crippen LogP contribution in [0.15, 0.2) is 0 Å². The predicted molar refractivity (Wildman–Crippen MR) is 86.0 cm³/mol. The summed E-state index contributed by atoms with van der Waals surface area (Å²) in [6.07, 6.45) is 15.0. The minimum atomic E-state index is -2.80. The van der Waals surface area contributed by atoms with E-state index in [0.29, 0.717) is 24.2 Å². The van der Waals surface area contributed by atoms with Crippen LogP contribution in [-0.2, 0) is 4.57 Å². The van der Waals surface area contributed by atoms with Gasteiger partial charge in [-0.05, 0) is 38.5 Å². The Labute approximate surface area is 129 Å². The van der Waals surface area contributed by atoms with Crippen molar-refractivity contribution in [1.29, 1.82) is 0 Å². The van der Waals surface area contributed by atoms with Crippen molar-refractivity contribution in [3.8, 4) is 0 Å². The minimum absolute atomic E-state index is 0.485. The van der Waals surface area contributed by atoms with Crippen LogP contribution in [0.1, 0.15) is 77.0 Å². The van der Waals surface area contributed by atoms with Gasteiger partial charge in [0.25, 0.3) is 7.59 Å². The molecule has 4 aliphatic rings. The highest BCUT2D eigenvalue weighted by molar-refractivity contribution is 7.57. The van der Waals surface area contributed by atoms with Crippen LogP contribution in [0.3, 0.4) is 0 Å². The number of hydrogen-bond acceptors (Lipinski definition) is 1. The van der Waals surface area contributed by atoms with Crippen molar-refractivity contribution < 1.29 is 4.57 Å². The van der Waals surface area contributed by atoms with Gasteiger partial charge in [-0.15, -0.1) is 0 Å². The van der Waals surface area contributed by atoms with Gasteiger partial charge < -0.3 is 0 Å². The Balaban J connectivity index is 1.67. The molecule has 0 aromatic heterocycles. The molecule has 0 amide bonds. The van der Waals surface area contributed by atoms with E-state index < -0.39 is 7.59 Å². The van der Waals surface area contributed by atoms with Crippen molar-refractivity contribution in [2.75, 3.05) is 0 Å². The number of fused-ring (bicyclic) bond motifs is 1. The molecule has 4 fully saturated rings. The number of rotatable bonds is 2. The summed E-state index contributed by atoms with van der Waals surface area (Å²) in [6, 6.07) is 1.97. The molecule has 0 aromatic rings. The third kappa shape index (κ3) is 2.34. The van der Waals surface area contributed by atoms with Crippen molar-refractivity contribution in [1.82, 2.24) is 9.34 Å². The molecular formula is C16H30N3OP. The zero-order valence-electron chi connectivity index (χ0n) is 13.1. The Kier molecular flexibility index (Phi) is 3.94. The third-order valence-electron chi connectivity index (χ3n) is 6.43. The SMILES string of the molecule is NP1(=O)N(C2CCCC2)C2CCCC[C@H]2N1C1CCCC1. The van der Waals surface area contributed by atoms with Gasteiger partial charge in [0.2, 0.25) is 0 Å². The van der Waals surface area contributed by atoms with Crippen LogP contribution in [0.4, 0.5) is 0 Å². The first-order valence-electron chi connectivity index (χ1n) is 9.16. The van der Waals surface area contributed by atoms with Gasteiger partial charge in [-0.2, -0.15) is 0 Å². The molecule has 1 heterocycles. The lowest BCUT2D eigenvalue weighted by Gasteiger charge is -2.35. The maximum Gasteiger partial charge on any atom is 0.282 e. The smallest absolute Gasteiger partial charge is 0.271 e. The van der Waals surface area contributed by atoms with Gasteiger partial charge in [0.15, 0.2) is 0 Å². The quantitative estimate of drug-likeness (QED) is 0.787. The van der Waals surface area contributed by atoms with Crippen LogP contribution in [-0.4, -0.2) is 33.5 Å². The highest BCUT2D eigenvalue weighted by Gasteiger charge is 2.57. The fraction of sp³-hybridized carbons (Fsp3) is 1.00. The molecule has 4 rings (SSSR count). The van der Waals surface area contributed by atoms with Crippen molar-refractivity contribution in [2.45, 2.75) is 101 Å². The summed E-state index contributed by atoms with van der Waals surface area (Å²) < 4.78 is 18.3. The first kappa shape index (κ1) is 14.7. The van der Waals surface area contributed by atoms with Gasteiger partial charge in [0.05, 0.1) is 0 Å². The normalized spacial score (nSPS) is 43.7. The Hall–Kier alpha value is 0.110. The highest BCUT2D eigenvalue weighted by Crippen LogP contribution is 2.62. The molecule has 0 spiro atoms. The van der Waals surface area contributed by atoms with Gasteiger partial charge in [0, 0.05) is 24.2 Å². The monoisotopic (exact) mass is 311 g/mol. The molecule has 21 heavy (non-hydrogen) atoms. The average Bonchev–Trinajstić information content (AvgIpc) is 3.15.